The summed E-state index contributed by atoms with van der Waals surface area (Å²) in [5.41, 5.74) is 1.09. The first-order valence-corrected chi connectivity index (χ1v) is 8.44. The number of hydrogen-bond donors (Lipinski definition) is 1. The molecule has 23 heavy (non-hydrogen) atoms. The molecule has 1 saturated heterocycles. The number of hydrogen-bond acceptors (Lipinski definition) is 6. The van der Waals surface area contributed by atoms with Crippen molar-refractivity contribution in [2.45, 2.75) is 31.6 Å². The molecule has 1 N–H and O–H groups in total. The van der Waals surface area contributed by atoms with Gasteiger partial charge in [0, 0.05) is 31.1 Å². The second kappa shape index (κ2) is 6.58. The predicted molar refractivity (Wildman–Crippen MR) is 88.5 cm³/mol. The SMILES string of the molecule is c1cnc(Nc2cncc(C3CCN(CC4CC4)CC3)n2)cn1. The van der Waals surface area contributed by atoms with Crippen molar-refractivity contribution in [3.63, 3.8) is 0 Å². The van der Waals surface area contributed by atoms with Crippen LogP contribution in [0.2, 0.25) is 0 Å². The fourth-order valence-electron chi connectivity index (χ4n) is 3.21. The quantitative estimate of drug-likeness (QED) is 0.915. The van der Waals surface area contributed by atoms with Crippen molar-refractivity contribution in [1.29, 1.82) is 0 Å². The van der Waals surface area contributed by atoms with Crippen LogP contribution < -0.4 is 5.32 Å². The van der Waals surface area contributed by atoms with Gasteiger partial charge in [-0.05, 0) is 44.7 Å². The normalized spacial score (nSPS) is 19.7. The zero-order chi connectivity index (χ0) is 15.5. The molecular formula is C17H22N6. The van der Waals surface area contributed by atoms with Gasteiger partial charge in [0.25, 0.3) is 0 Å². The first-order chi connectivity index (χ1) is 11.4. The van der Waals surface area contributed by atoms with Gasteiger partial charge in [-0.2, -0.15) is 0 Å². The Morgan fingerprint density at radius 2 is 1.78 bits per heavy atom. The summed E-state index contributed by atoms with van der Waals surface area (Å²) in [6, 6.07) is 0. The molecule has 1 aliphatic heterocycles. The second-order valence-corrected chi connectivity index (χ2v) is 6.56. The lowest BCUT2D eigenvalue weighted by atomic mass is 9.93. The van der Waals surface area contributed by atoms with Crippen LogP contribution in [0.5, 0.6) is 0 Å². The van der Waals surface area contributed by atoms with E-state index in [-0.39, 0.29) is 0 Å². The van der Waals surface area contributed by atoms with Crippen LogP contribution in [-0.2, 0) is 0 Å². The zero-order valence-electron chi connectivity index (χ0n) is 13.2. The third kappa shape index (κ3) is 3.82. The van der Waals surface area contributed by atoms with E-state index in [4.69, 9.17) is 4.98 Å². The number of nitrogens with one attached hydrogen (secondary N) is 1. The van der Waals surface area contributed by atoms with Crippen molar-refractivity contribution in [2.24, 2.45) is 5.92 Å². The minimum Gasteiger partial charge on any atom is -0.322 e. The lowest BCUT2D eigenvalue weighted by molar-refractivity contribution is 0.203. The number of anilines is 2. The Hall–Kier alpha value is -2.08. The van der Waals surface area contributed by atoms with Crippen LogP contribution in [0.4, 0.5) is 11.6 Å². The van der Waals surface area contributed by atoms with Crippen LogP contribution in [0, 0.1) is 5.92 Å². The van der Waals surface area contributed by atoms with Crippen LogP contribution in [0.15, 0.2) is 31.0 Å². The zero-order valence-corrected chi connectivity index (χ0v) is 13.2. The summed E-state index contributed by atoms with van der Waals surface area (Å²) in [5.74, 6) is 2.93. The first-order valence-electron chi connectivity index (χ1n) is 8.44. The summed E-state index contributed by atoms with van der Waals surface area (Å²) >= 11 is 0. The highest BCUT2D eigenvalue weighted by Gasteiger charge is 2.28. The molecule has 2 fully saturated rings. The second-order valence-electron chi connectivity index (χ2n) is 6.56. The van der Waals surface area contributed by atoms with Crippen molar-refractivity contribution in [3.05, 3.63) is 36.7 Å². The molecule has 0 amide bonds. The van der Waals surface area contributed by atoms with E-state index in [1.807, 2.05) is 6.20 Å². The maximum absolute atomic E-state index is 4.73. The molecule has 6 nitrogen and oxygen atoms in total. The van der Waals surface area contributed by atoms with Gasteiger partial charge in [0.1, 0.15) is 11.6 Å². The van der Waals surface area contributed by atoms with Gasteiger partial charge in [-0.25, -0.2) is 9.97 Å². The monoisotopic (exact) mass is 310 g/mol. The number of aromatic nitrogens is 4. The number of nitrogens with zero attached hydrogens (tertiary/aromatic N) is 5. The van der Waals surface area contributed by atoms with Gasteiger partial charge in [0.15, 0.2) is 0 Å². The van der Waals surface area contributed by atoms with Crippen molar-refractivity contribution in [2.75, 3.05) is 25.0 Å². The third-order valence-electron chi connectivity index (χ3n) is 4.69. The van der Waals surface area contributed by atoms with Gasteiger partial charge in [0.05, 0.1) is 18.1 Å². The largest absolute Gasteiger partial charge is 0.322 e. The third-order valence-corrected chi connectivity index (χ3v) is 4.69. The topological polar surface area (TPSA) is 66.8 Å². The molecule has 4 rings (SSSR count). The lowest BCUT2D eigenvalue weighted by Crippen LogP contribution is -2.34. The Balaban J connectivity index is 1.38. The predicted octanol–water partition coefficient (Wildman–Crippen LogP) is 2.60. The molecule has 0 bridgehead atoms. The Bertz CT molecular complexity index is 635. The van der Waals surface area contributed by atoms with Gasteiger partial charge < -0.3 is 10.2 Å². The molecular weight excluding hydrogens is 288 g/mol. The van der Waals surface area contributed by atoms with E-state index in [0.29, 0.717) is 11.7 Å². The summed E-state index contributed by atoms with van der Waals surface area (Å²) in [7, 11) is 0. The molecule has 0 spiro atoms. The number of rotatable bonds is 5. The molecule has 2 aromatic heterocycles. The number of piperidine rings is 1. The Morgan fingerprint density at radius 1 is 0.957 bits per heavy atom. The minimum atomic E-state index is 0.515. The van der Waals surface area contributed by atoms with Gasteiger partial charge >= 0.3 is 0 Å². The van der Waals surface area contributed by atoms with Gasteiger partial charge in [-0.1, -0.05) is 0 Å². The molecule has 0 atom stereocenters. The molecule has 0 radical (unpaired) electrons. The molecule has 6 heteroatoms. The van der Waals surface area contributed by atoms with Crippen molar-refractivity contribution >= 4 is 11.6 Å². The summed E-state index contributed by atoms with van der Waals surface area (Å²) in [6.07, 6.45) is 13.9. The van der Waals surface area contributed by atoms with Crippen LogP contribution in [0.1, 0.15) is 37.3 Å². The molecule has 0 aromatic carbocycles. The summed E-state index contributed by atoms with van der Waals surface area (Å²) in [4.78, 5) is 20.0. The maximum atomic E-state index is 4.73. The van der Waals surface area contributed by atoms with Crippen LogP contribution in [0.3, 0.4) is 0 Å². The van der Waals surface area contributed by atoms with Crippen LogP contribution in [0.25, 0.3) is 0 Å². The van der Waals surface area contributed by atoms with Crippen molar-refractivity contribution in [1.82, 2.24) is 24.8 Å². The highest BCUT2D eigenvalue weighted by molar-refractivity contribution is 5.48. The summed E-state index contributed by atoms with van der Waals surface area (Å²) in [5, 5.41) is 3.17. The van der Waals surface area contributed by atoms with Crippen LogP contribution in [-0.4, -0.2) is 44.5 Å². The average Bonchev–Trinajstić information content (AvgIpc) is 3.41. The Kier molecular flexibility index (Phi) is 4.15. The first kappa shape index (κ1) is 14.5. The smallest absolute Gasteiger partial charge is 0.150 e. The van der Waals surface area contributed by atoms with Gasteiger partial charge in [-0.3, -0.25) is 9.97 Å². The highest BCUT2D eigenvalue weighted by atomic mass is 15.1. The summed E-state index contributed by atoms with van der Waals surface area (Å²) < 4.78 is 0. The minimum absolute atomic E-state index is 0.515. The molecule has 2 aromatic rings. The lowest BCUT2D eigenvalue weighted by Gasteiger charge is -2.31. The fourth-order valence-corrected chi connectivity index (χ4v) is 3.21. The van der Waals surface area contributed by atoms with E-state index < -0.39 is 0 Å². The van der Waals surface area contributed by atoms with E-state index in [9.17, 15) is 0 Å². The molecule has 1 saturated carbocycles. The highest BCUT2D eigenvalue weighted by Crippen LogP contribution is 2.33. The Labute approximate surface area is 136 Å². The van der Waals surface area contributed by atoms with Gasteiger partial charge in [-0.15, -0.1) is 0 Å². The molecule has 0 unspecified atom stereocenters. The molecule has 120 valence electrons. The molecule has 1 aliphatic carbocycles. The Morgan fingerprint density at radius 3 is 2.52 bits per heavy atom. The van der Waals surface area contributed by atoms with Crippen molar-refractivity contribution < 1.29 is 0 Å². The maximum Gasteiger partial charge on any atom is 0.150 e. The van der Waals surface area contributed by atoms with Gasteiger partial charge in [0.2, 0.25) is 0 Å². The fraction of sp³-hybridized carbons (Fsp3) is 0.529. The standard InChI is InChI=1S/C17H22N6/c1-2-13(1)12-23-7-3-14(4-8-23)15-9-19-11-17(21-15)22-16-10-18-5-6-20-16/h5-6,9-11,13-14H,1-4,7-8,12H2,(H,20,21,22). The average molecular weight is 310 g/mol. The van der Waals surface area contributed by atoms with E-state index in [1.165, 1.54) is 45.3 Å². The van der Waals surface area contributed by atoms with E-state index in [1.54, 1.807) is 24.8 Å². The molecule has 3 heterocycles. The van der Waals surface area contributed by atoms with E-state index in [0.717, 1.165) is 17.4 Å². The van der Waals surface area contributed by atoms with Crippen LogP contribution >= 0.6 is 0 Å². The summed E-state index contributed by atoms with van der Waals surface area (Å²) in [6.45, 7) is 3.67. The molecule has 2 aliphatic rings. The number of likely N-dealkylation sites (tertiary alicyclic amines) is 1. The van der Waals surface area contributed by atoms with E-state index in [2.05, 4.69) is 25.2 Å². The van der Waals surface area contributed by atoms with Crippen molar-refractivity contribution in [3.8, 4) is 0 Å². The van der Waals surface area contributed by atoms with E-state index >= 15 is 0 Å².